The van der Waals surface area contributed by atoms with Crippen molar-refractivity contribution in [1.82, 2.24) is 5.32 Å². The molecule has 0 bridgehead atoms. The van der Waals surface area contributed by atoms with Gasteiger partial charge in [-0.15, -0.1) is 0 Å². The second-order valence-corrected chi connectivity index (χ2v) is 9.43. The van der Waals surface area contributed by atoms with E-state index in [0.717, 1.165) is 32.1 Å². The second-order valence-electron chi connectivity index (χ2n) is 7.17. The van der Waals surface area contributed by atoms with Crippen molar-refractivity contribution in [3.05, 3.63) is 0 Å². The summed E-state index contributed by atoms with van der Waals surface area (Å²) in [6, 6.07) is 0.104. The van der Waals surface area contributed by atoms with Crippen LogP contribution in [-0.2, 0) is 9.84 Å². The van der Waals surface area contributed by atoms with Crippen molar-refractivity contribution in [2.24, 2.45) is 11.3 Å². The van der Waals surface area contributed by atoms with Gasteiger partial charge in [0.25, 0.3) is 0 Å². The fraction of sp³-hybridized carbons (Fsp3) is 1.00. The van der Waals surface area contributed by atoms with Gasteiger partial charge in [-0.3, -0.25) is 0 Å². The average molecular weight is 287 g/mol. The van der Waals surface area contributed by atoms with Crippen molar-refractivity contribution in [3.63, 3.8) is 0 Å². The third-order valence-corrected chi connectivity index (χ3v) is 7.60. The highest BCUT2D eigenvalue weighted by atomic mass is 32.2. The van der Waals surface area contributed by atoms with Gasteiger partial charge in [0.2, 0.25) is 0 Å². The Labute approximate surface area is 118 Å². The van der Waals surface area contributed by atoms with Crippen molar-refractivity contribution >= 4 is 9.84 Å². The molecule has 0 aliphatic heterocycles. The molecule has 0 amide bonds. The van der Waals surface area contributed by atoms with E-state index in [1.54, 1.807) is 0 Å². The van der Waals surface area contributed by atoms with Gasteiger partial charge in [0.15, 0.2) is 9.84 Å². The zero-order chi connectivity index (χ0) is 14.1. The van der Waals surface area contributed by atoms with E-state index < -0.39 is 9.84 Å². The summed E-state index contributed by atoms with van der Waals surface area (Å²) in [5, 5.41) is 3.12. The zero-order valence-electron chi connectivity index (χ0n) is 12.6. The Kier molecular flexibility index (Phi) is 4.61. The number of hydrogen-bond donors (Lipinski definition) is 1. The summed E-state index contributed by atoms with van der Waals surface area (Å²) in [5.74, 6) is 0.846. The van der Waals surface area contributed by atoms with Gasteiger partial charge in [0, 0.05) is 6.04 Å². The Balaban J connectivity index is 2.13. The lowest BCUT2D eigenvalue weighted by Crippen LogP contribution is -2.54. The van der Waals surface area contributed by atoms with Crippen LogP contribution in [0.25, 0.3) is 0 Å². The number of hydrogen-bond acceptors (Lipinski definition) is 3. The van der Waals surface area contributed by atoms with Crippen LogP contribution >= 0.6 is 0 Å². The predicted octanol–water partition coefficient (Wildman–Crippen LogP) is 2.76. The summed E-state index contributed by atoms with van der Waals surface area (Å²) >= 11 is 0. The maximum Gasteiger partial charge on any atom is 0.154 e. The minimum absolute atomic E-state index is 0.0837. The molecule has 0 aromatic rings. The normalized spacial score (nSPS) is 32.6. The molecule has 0 heterocycles. The van der Waals surface area contributed by atoms with Gasteiger partial charge in [-0.1, -0.05) is 33.1 Å². The fourth-order valence-electron chi connectivity index (χ4n) is 4.18. The van der Waals surface area contributed by atoms with Gasteiger partial charge in [-0.25, -0.2) is 8.42 Å². The highest BCUT2D eigenvalue weighted by molar-refractivity contribution is 7.92. The van der Waals surface area contributed by atoms with E-state index >= 15 is 0 Å². The van der Waals surface area contributed by atoms with Crippen LogP contribution in [0.1, 0.15) is 58.8 Å². The molecule has 2 atom stereocenters. The molecule has 2 unspecified atom stereocenters. The van der Waals surface area contributed by atoms with Crippen LogP contribution in [0.4, 0.5) is 0 Å². The topological polar surface area (TPSA) is 46.2 Å². The quantitative estimate of drug-likeness (QED) is 0.865. The largest absolute Gasteiger partial charge is 0.315 e. The standard InChI is InChI=1S/C15H29NO2S/c1-15(2)10-6-9-13(14(15)16-3)19(17,18)11-12-7-4-5-8-12/h12-14,16H,4-11H2,1-3H3. The molecule has 2 fully saturated rings. The molecule has 2 aliphatic carbocycles. The molecule has 0 aromatic heterocycles. The van der Waals surface area contributed by atoms with Crippen molar-refractivity contribution in [2.75, 3.05) is 12.8 Å². The van der Waals surface area contributed by atoms with Crippen LogP contribution in [0.15, 0.2) is 0 Å². The van der Waals surface area contributed by atoms with Crippen LogP contribution in [0.2, 0.25) is 0 Å². The monoisotopic (exact) mass is 287 g/mol. The van der Waals surface area contributed by atoms with Gasteiger partial charge in [-0.2, -0.15) is 0 Å². The molecule has 3 nitrogen and oxygen atoms in total. The lowest BCUT2D eigenvalue weighted by atomic mass is 9.73. The first-order valence-electron chi connectivity index (χ1n) is 7.75. The van der Waals surface area contributed by atoms with Crippen LogP contribution in [-0.4, -0.2) is 32.5 Å². The molecule has 0 radical (unpaired) electrons. The molecule has 0 saturated heterocycles. The number of rotatable bonds is 4. The highest BCUT2D eigenvalue weighted by Crippen LogP contribution is 2.39. The number of sulfone groups is 1. The summed E-state index contributed by atoms with van der Waals surface area (Å²) in [6.07, 6.45) is 7.65. The van der Waals surface area contributed by atoms with Crippen LogP contribution in [0.5, 0.6) is 0 Å². The summed E-state index contributed by atoms with van der Waals surface area (Å²) in [6.45, 7) is 4.40. The van der Waals surface area contributed by atoms with E-state index in [2.05, 4.69) is 19.2 Å². The minimum atomic E-state index is -2.96. The zero-order valence-corrected chi connectivity index (χ0v) is 13.4. The number of nitrogens with one attached hydrogen (secondary N) is 1. The maximum absolute atomic E-state index is 12.8. The molecule has 4 heteroatoms. The maximum atomic E-state index is 12.8. The lowest BCUT2D eigenvalue weighted by Gasteiger charge is -2.43. The molecular formula is C15H29NO2S. The Bertz CT molecular complexity index is 396. The Morgan fingerprint density at radius 1 is 1.11 bits per heavy atom. The summed E-state index contributed by atoms with van der Waals surface area (Å²) in [4.78, 5) is 0. The van der Waals surface area contributed by atoms with Crippen molar-refractivity contribution in [2.45, 2.75) is 70.1 Å². The third-order valence-electron chi connectivity index (χ3n) is 5.24. The predicted molar refractivity (Wildman–Crippen MR) is 80.0 cm³/mol. The SMILES string of the molecule is CNC1C(S(=O)(=O)CC2CCCC2)CCCC1(C)C. The van der Waals surface area contributed by atoms with Gasteiger partial charge in [-0.05, 0) is 44.1 Å². The molecule has 1 N–H and O–H groups in total. The first kappa shape index (κ1) is 15.3. The highest BCUT2D eigenvalue weighted by Gasteiger charge is 2.44. The Hall–Kier alpha value is -0.0900. The van der Waals surface area contributed by atoms with E-state index in [9.17, 15) is 8.42 Å². The Morgan fingerprint density at radius 3 is 2.32 bits per heavy atom. The van der Waals surface area contributed by atoms with Crippen molar-refractivity contribution in [3.8, 4) is 0 Å². The van der Waals surface area contributed by atoms with Gasteiger partial charge < -0.3 is 5.32 Å². The summed E-state index contributed by atoms with van der Waals surface area (Å²) in [5.41, 5.74) is 0.0837. The van der Waals surface area contributed by atoms with Gasteiger partial charge >= 0.3 is 0 Å². The van der Waals surface area contributed by atoms with Crippen molar-refractivity contribution < 1.29 is 8.42 Å². The summed E-state index contributed by atoms with van der Waals surface area (Å²) in [7, 11) is -1.05. The smallest absolute Gasteiger partial charge is 0.154 e. The average Bonchev–Trinajstić information content (AvgIpc) is 2.79. The lowest BCUT2D eigenvalue weighted by molar-refractivity contribution is 0.178. The fourth-order valence-corrected chi connectivity index (χ4v) is 6.86. The first-order chi connectivity index (χ1) is 8.87. The molecule has 2 saturated carbocycles. The molecule has 2 aliphatic rings. The van der Waals surface area contributed by atoms with Gasteiger partial charge in [0.1, 0.15) is 0 Å². The molecule has 0 aromatic carbocycles. The molecular weight excluding hydrogens is 258 g/mol. The van der Waals surface area contributed by atoms with Gasteiger partial charge in [0.05, 0.1) is 11.0 Å². The Morgan fingerprint density at radius 2 is 1.74 bits per heavy atom. The van der Waals surface area contributed by atoms with Crippen LogP contribution in [0.3, 0.4) is 0 Å². The third kappa shape index (κ3) is 3.33. The van der Waals surface area contributed by atoms with E-state index in [1.165, 1.54) is 12.8 Å². The molecule has 2 rings (SSSR count). The van der Waals surface area contributed by atoms with E-state index in [1.807, 2.05) is 7.05 Å². The van der Waals surface area contributed by atoms with Crippen LogP contribution < -0.4 is 5.32 Å². The van der Waals surface area contributed by atoms with E-state index in [0.29, 0.717) is 11.7 Å². The van der Waals surface area contributed by atoms with E-state index in [-0.39, 0.29) is 16.7 Å². The van der Waals surface area contributed by atoms with E-state index in [4.69, 9.17) is 0 Å². The second kappa shape index (κ2) is 5.72. The van der Waals surface area contributed by atoms with Crippen molar-refractivity contribution in [1.29, 1.82) is 0 Å². The molecule has 112 valence electrons. The minimum Gasteiger partial charge on any atom is -0.315 e. The molecule has 19 heavy (non-hydrogen) atoms. The first-order valence-corrected chi connectivity index (χ1v) is 9.47. The molecule has 0 spiro atoms. The summed E-state index contributed by atoms with van der Waals surface area (Å²) < 4.78 is 25.5. The van der Waals surface area contributed by atoms with Crippen LogP contribution in [0, 0.1) is 11.3 Å².